The summed E-state index contributed by atoms with van der Waals surface area (Å²) in [6, 6.07) is 9.55. The lowest BCUT2D eigenvalue weighted by molar-refractivity contribution is -0.117. The van der Waals surface area contributed by atoms with Gasteiger partial charge in [-0.15, -0.1) is 6.58 Å². The van der Waals surface area contributed by atoms with Gasteiger partial charge in [0.1, 0.15) is 0 Å². The summed E-state index contributed by atoms with van der Waals surface area (Å²) in [7, 11) is 1.77. The highest BCUT2D eigenvalue weighted by atomic mass is 16.2. The van der Waals surface area contributed by atoms with Crippen molar-refractivity contribution in [3.05, 3.63) is 55.8 Å². The van der Waals surface area contributed by atoms with Gasteiger partial charge < -0.3 is 10.2 Å². The molecule has 1 N–H and O–H groups in total. The zero-order valence-electron chi connectivity index (χ0n) is 10.5. The van der Waals surface area contributed by atoms with Crippen molar-refractivity contribution in [3.63, 3.8) is 0 Å². The van der Waals surface area contributed by atoms with E-state index in [4.69, 9.17) is 0 Å². The van der Waals surface area contributed by atoms with E-state index < -0.39 is 0 Å². The van der Waals surface area contributed by atoms with Crippen LogP contribution in [0.15, 0.2) is 55.8 Å². The summed E-state index contributed by atoms with van der Waals surface area (Å²) >= 11 is 0. The summed E-state index contributed by atoms with van der Waals surface area (Å²) < 4.78 is 0. The van der Waals surface area contributed by atoms with Crippen molar-refractivity contribution in [2.45, 2.75) is 6.42 Å². The van der Waals surface area contributed by atoms with Crippen molar-refractivity contribution in [1.82, 2.24) is 5.32 Å². The SMILES string of the molecule is C=CCC(=O)N(C)c1ccccc1.C=CNC=O. The monoisotopic (exact) mass is 246 g/mol. The van der Waals surface area contributed by atoms with Crippen molar-refractivity contribution in [1.29, 1.82) is 0 Å². The van der Waals surface area contributed by atoms with Gasteiger partial charge in [0.05, 0.1) is 0 Å². The molecule has 1 rings (SSSR count). The maximum absolute atomic E-state index is 11.4. The van der Waals surface area contributed by atoms with E-state index in [0.717, 1.165) is 5.69 Å². The lowest BCUT2D eigenvalue weighted by atomic mass is 10.3. The normalized spacial score (nSPS) is 8.28. The second-order valence-electron chi connectivity index (χ2n) is 3.27. The van der Waals surface area contributed by atoms with E-state index in [1.807, 2.05) is 30.3 Å². The summed E-state index contributed by atoms with van der Waals surface area (Å²) in [5.41, 5.74) is 0.911. The minimum Gasteiger partial charge on any atom is -0.336 e. The summed E-state index contributed by atoms with van der Waals surface area (Å²) in [6.07, 6.45) is 3.87. The fraction of sp³-hybridized carbons (Fsp3) is 0.143. The second kappa shape index (κ2) is 9.84. The molecule has 1 aromatic rings. The van der Waals surface area contributed by atoms with E-state index in [0.29, 0.717) is 12.8 Å². The topological polar surface area (TPSA) is 49.4 Å². The Kier molecular flexibility index (Phi) is 8.55. The van der Waals surface area contributed by atoms with Gasteiger partial charge in [0, 0.05) is 19.2 Å². The van der Waals surface area contributed by atoms with Crippen molar-refractivity contribution in [2.75, 3.05) is 11.9 Å². The largest absolute Gasteiger partial charge is 0.336 e. The van der Waals surface area contributed by atoms with E-state index in [-0.39, 0.29) is 5.91 Å². The summed E-state index contributed by atoms with van der Waals surface area (Å²) in [4.78, 5) is 22.2. The summed E-state index contributed by atoms with van der Waals surface area (Å²) in [5, 5.41) is 2.19. The Morgan fingerprint density at radius 3 is 2.33 bits per heavy atom. The number of carbonyl (C=O) groups excluding carboxylic acids is 2. The first-order valence-corrected chi connectivity index (χ1v) is 5.40. The molecule has 0 aliphatic heterocycles. The number of nitrogens with zero attached hydrogens (tertiary/aromatic N) is 1. The van der Waals surface area contributed by atoms with E-state index in [2.05, 4.69) is 18.5 Å². The molecule has 0 radical (unpaired) electrons. The van der Waals surface area contributed by atoms with Crippen LogP contribution in [-0.4, -0.2) is 19.4 Å². The zero-order valence-corrected chi connectivity index (χ0v) is 10.5. The fourth-order valence-electron chi connectivity index (χ4n) is 1.10. The molecule has 0 bridgehead atoms. The predicted octanol–water partition coefficient (Wildman–Crippen LogP) is 2.10. The molecule has 0 fully saturated rings. The standard InChI is InChI=1S/C11H13NO.C3H5NO/c1-3-7-11(13)12(2)10-8-5-4-6-9-10;1-2-4-3-5/h3-6,8-9H,1,7H2,2H3;2-3H,1H2,(H,4,5). The van der Waals surface area contributed by atoms with Crippen LogP contribution in [0.5, 0.6) is 0 Å². The average Bonchev–Trinajstić information content (AvgIpc) is 2.41. The van der Waals surface area contributed by atoms with Gasteiger partial charge in [-0.25, -0.2) is 0 Å². The lowest BCUT2D eigenvalue weighted by Gasteiger charge is -2.15. The van der Waals surface area contributed by atoms with E-state index in [1.165, 1.54) is 6.20 Å². The maximum atomic E-state index is 11.4. The first kappa shape index (κ1) is 15.6. The van der Waals surface area contributed by atoms with Crippen LogP contribution in [0, 0.1) is 0 Å². The number of rotatable bonds is 5. The molecule has 18 heavy (non-hydrogen) atoms. The third-order valence-electron chi connectivity index (χ3n) is 2.02. The van der Waals surface area contributed by atoms with Crippen LogP contribution in [-0.2, 0) is 9.59 Å². The van der Waals surface area contributed by atoms with Crippen molar-refractivity contribution < 1.29 is 9.59 Å². The Bertz CT molecular complexity index is 382. The van der Waals surface area contributed by atoms with Crippen LogP contribution in [0.3, 0.4) is 0 Å². The molecule has 0 saturated carbocycles. The first-order chi connectivity index (χ1) is 8.67. The molecule has 96 valence electrons. The van der Waals surface area contributed by atoms with Gasteiger partial charge in [0.15, 0.2) is 0 Å². The van der Waals surface area contributed by atoms with Crippen molar-refractivity contribution in [3.8, 4) is 0 Å². The molecule has 0 aliphatic rings. The van der Waals surface area contributed by atoms with E-state index >= 15 is 0 Å². The number of anilines is 1. The third kappa shape index (κ3) is 6.27. The average molecular weight is 246 g/mol. The Balaban J connectivity index is 0.000000494. The quantitative estimate of drug-likeness (QED) is 0.639. The van der Waals surface area contributed by atoms with Gasteiger partial charge in [-0.3, -0.25) is 9.59 Å². The molecular formula is C14H18N2O2. The van der Waals surface area contributed by atoms with Gasteiger partial charge in [-0.1, -0.05) is 30.9 Å². The molecule has 1 aromatic carbocycles. The molecule has 0 aromatic heterocycles. The van der Waals surface area contributed by atoms with Crippen LogP contribution in [0.4, 0.5) is 5.69 Å². The Hall–Kier alpha value is -2.36. The number of amides is 2. The molecule has 0 heterocycles. The molecule has 0 unspecified atom stereocenters. The maximum Gasteiger partial charge on any atom is 0.230 e. The second-order valence-corrected chi connectivity index (χ2v) is 3.27. The highest BCUT2D eigenvalue weighted by Crippen LogP contribution is 2.11. The van der Waals surface area contributed by atoms with Crippen LogP contribution in [0.25, 0.3) is 0 Å². The minimum absolute atomic E-state index is 0.0567. The number of para-hydroxylation sites is 1. The smallest absolute Gasteiger partial charge is 0.230 e. The molecule has 4 nitrogen and oxygen atoms in total. The van der Waals surface area contributed by atoms with Crippen LogP contribution < -0.4 is 10.2 Å². The molecule has 4 heteroatoms. The van der Waals surface area contributed by atoms with Gasteiger partial charge in [-0.05, 0) is 18.3 Å². The Labute approximate surface area is 108 Å². The molecule has 2 amide bonds. The third-order valence-corrected chi connectivity index (χ3v) is 2.02. The van der Waals surface area contributed by atoms with Gasteiger partial charge in [0.25, 0.3) is 0 Å². The van der Waals surface area contributed by atoms with Crippen LogP contribution in [0.1, 0.15) is 6.42 Å². The number of benzene rings is 1. The lowest BCUT2D eigenvalue weighted by Crippen LogP contribution is -2.25. The van der Waals surface area contributed by atoms with Crippen molar-refractivity contribution >= 4 is 18.0 Å². The number of nitrogens with one attached hydrogen (secondary N) is 1. The van der Waals surface area contributed by atoms with Gasteiger partial charge in [-0.2, -0.15) is 0 Å². The number of carbonyl (C=O) groups is 2. The number of hydrogen-bond donors (Lipinski definition) is 1. The van der Waals surface area contributed by atoms with Crippen molar-refractivity contribution in [2.24, 2.45) is 0 Å². The van der Waals surface area contributed by atoms with Gasteiger partial charge >= 0.3 is 0 Å². The Morgan fingerprint density at radius 2 is 1.94 bits per heavy atom. The molecule has 0 saturated heterocycles. The minimum atomic E-state index is 0.0567. The van der Waals surface area contributed by atoms with Gasteiger partial charge in [0.2, 0.25) is 12.3 Å². The van der Waals surface area contributed by atoms with E-state index in [1.54, 1.807) is 18.0 Å². The van der Waals surface area contributed by atoms with Crippen LogP contribution in [0.2, 0.25) is 0 Å². The highest BCUT2D eigenvalue weighted by molar-refractivity contribution is 5.93. The Morgan fingerprint density at radius 1 is 1.33 bits per heavy atom. The van der Waals surface area contributed by atoms with E-state index in [9.17, 15) is 9.59 Å². The first-order valence-electron chi connectivity index (χ1n) is 5.40. The van der Waals surface area contributed by atoms with Crippen LogP contribution >= 0.6 is 0 Å². The number of hydrogen-bond acceptors (Lipinski definition) is 2. The molecule has 0 aliphatic carbocycles. The summed E-state index contributed by atoms with van der Waals surface area (Å²) in [5.74, 6) is 0.0567. The molecule has 0 spiro atoms. The predicted molar refractivity (Wildman–Crippen MR) is 74.1 cm³/mol. The molecule has 0 atom stereocenters. The molecular weight excluding hydrogens is 228 g/mol. The highest BCUT2D eigenvalue weighted by Gasteiger charge is 2.07. The summed E-state index contributed by atoms with van der Waals surface area (Å²) in [6.45, 7) is 6.74. The zero-order chi connectivity index (χ0) is 13.8. The fourth-order valence-corrected chi connectivity index (χ4v) is 1.10.